The van der Waals surface area contributed by atoms with Crippen LogP contribution in [0.5, 0.6) is 0 Å². The molecule has 1 nitrogen and oxygen atoms in total. The van der Waals surface area contributed by atoms with Gasteiger partial charge in [-0.2, -0.15) is 0 Å². The van der Waals surface area contributed by atoms with Crippen LogP contribution in [-0.2, 0) is 11.8 Å². The molecule has 1 aliphatic heterocycles. The smallest absolute Gasteiger partial charge is 0.0314 e. The molecule has 1 aromatic heterocycles. The molecular weight excluding hydrogens is 306 g/mol. The summed E-state index contributed by atoms with van der Waals surface area (Å²) in [5.41, 5.74) is 3.20. The van der Waals surface area contributed by atoms with Crippen molar-refractivity contribution in [2.24, 2.45) is 0 Å². The molecule has 3 heteroatoms. The average molecular weight is 322 g/mol. The molecule has 1 aromatic carbocycles. The highest BCUT2D eigenvalue weighted by atomic mass is 79.9. The first-order valence-electron chi connectivity index (χ1n) is 6.20. The molecule has 0 unspecified atom stereocenters. The van der Waals surface area contributed by atoms with Crippen molar-refractivity contribution >= 4 is 27.3 Å². The zero-order valence-electron chi connectivity index (χ0n) is 10.4. The monoisotopic (exact) mass is 321 g/mol. The van der Waals surface area contributed by atoms with Crippen molar-refractivity contribution in [1.29, 1.82) is 0 Å². The molecular formula is C15H16BrNS. The molecule has 1 saturated heterocycles. The number of halogens is 1. The van der Waals surface area contributed by atoms with Gasteiger partial charge in [-0.15, -0.1) is 11.3 Å². The van der Waals surface area contributed by atoms with Gasteiger partial charge in [0.25, 0.3) is 0 Å². The molecule has 0 atom stereocenters. The van der Waals surface area contributed by atoms with Crippen LogP contribution in [-0.4, -0.2) is 13.1 Å². The Bertz CT molecular complexity index is 557. The summed E-state index contributed by atoms with van der Waals surface area (Å²) in [6, 6.07) is 10.9. The summed E-state index contributed by atoms with van der Waals surface area (Å²) in [7, 11) is 0. The van der Waals surface area contributed by atoms with Crippen molar-refractivity contribution in [2.45, 2.75) is 18.8 Å². The van der Waals surface area contributed by atoms with Crippen LogP contribution in [0.1, 0.15) is 16.0 Å². The van der Waals surface area contributed by atoms with E-state index in [1.54, 1.807) is 0 Å². The second-order valence-electron chi connectivity index (χ2n) is 5.07. The van der Waals surface area contributed by atoms with Crippen molar-refractivity contribution in [3.8, 4) is 0 Å². The Morgan fingerprint density at radius 2 is 2.06 bits per heavy atom. The maximum absolute atomic E-state index is 3.65. The number of nitrogens with one attached hydrogen (secondary N) is 1. The molecule has 94 valence electrons. The van der Waals surface area contributed by atoms with Crippen LogP contribution < -0.4 is 5.32 Å². The maximum Gasteiger partial charge on any atom is 0.0314 e. The Hall–Kier alpha value is -0.640. The van der Waals surface area contributed by atoms with Crippen molar-refractivity contribution in [3.05, 3.63) is 56.2 Å². The van der Waals surface area contributed by atoms with Gasteiger partial charge >= 0.3 is 0 Å². The van der Waals surface area contributed by atoms with Gasteiger partial charge in [-0.05, 0) is 51.8 Å². The third-order valence-corrected chi connectivity index (χ3v) is 5.76. The van der Waals surface area contributed by atoms with Crippen LogP contribution in [0.2, 0.25) is 0 Å². The van der Waals surface area contributed by atoms with Gasteiger partial charge in [0, 0.05) is 27.9 Å². The molecule has 0 bridgehead atoms. The first-order valence-corrected chi connectivity index (χ1v) is 7.87. The maximum atomic E-state index is 3.65. The molecule has 2 heterocycles. The summed E-state index contributed by atoms with van der Waals surface area (Å²) in [5.74, 6) is 0. The fraction of sp³-hybridized carbons (Fsp3) is 0.333. The van der Waals surface area contributed by atoms with Crippen molar-refractivity contribution < 1.29 is 0 Å². The van der Waals surface area contributed by atoms with E-state index in [1.807, 2.05) is 11.3 Å². The molecule has 0 spiro atoms. The molecule has 0 amide bonds. The third kappa shape index (κ3) is 2.04. The fourth-order valence-electron chi connectivity index (χ4n) is 2.76. The first kappa shape index (κ1) is 12.4. The number of rotatable bonds is 3. The van der Waals surface area contributed by atoms with E-state index < -0.39 is 0 Å². The molecule has 3 rings (SSSR count). The molecule has 2 aromatic rings. The number of hydrogen-bond donors (Lipinski definition) is 1. The van der Waals surface area contributed by atoms with Gasteiger partial charge in [0.1, 0.15) is 0 Å². The zero-order valence-corrected chi connectivity index (χ0v) is 12.8. The van der Waals surface area contributed by atoms with Gasteiger partial charge < -0.3 is 5.32 Å². The van der Waals surface area contributed by atoms with E-state index in [1.165, 1.54) is 20.5 Å². The average Bonchev–Trinajstić information content (AvgIpc) is 2.71. The van der Waals surface area contributed by atoms with E-state index in [4.69, 9.17) is 0 Å². The Morgan fingerprint density at radius 1 is 1.28 bits per heavy atom. The van der Waals surface area contributed by atoms with E-state index >= 15 is 0 Å². The van der Waals surface area contributed by atoms with Crippen LogP contribution in [0, 0.1) is 6.92 Å². The second kappa shape index (κ2) is 4.80. The predicted octanol–water partition coefficient (Wildman–Crippen LogP) is 3.90. The molecule has 0 aliphatic carbocycles. The third-order valence-electron chi connectivity index (χ3n) is 3.83. The van der Waals surface area contributed by atoms with Crippen molar-refractivity contribution in [2.75, 3.05) is 13.1 Å². The molecule has 0 radical (unpaired) electrons. The minimum Gasteiger partial charge on any atom is -0.315 e. The summed E-state index contributed by atoms with van der Waals surface area (Å²) in [4.78, 5) is 1.46. The number of benzene rings is 1. The minimum absolute atomic E-state index is 0.290. The van der Waals surface area contributed by atoms with Gasteiger partial charge in [-0.1, -0.05) is 24.3 Å². The summed E-state index contributed by atoms with van der Waals surface area (Å²) in [5, 5.41) is 5.61. The molecule has 0 saturated carbocycles. The first-order chi connectivity index (χ1) is 8.71. The van der Waals surface area contributed by atoms with Crippen LogP contribution in [0.4, 0.5) is 0 Å². The Morgan fingerprint density at radius 3 is 2.61 bits per heavy atom. The highest BCUT2D eigenvalue weighted by Gasteiger charge is 2.40. The number of thiophene rings is 1. The zero-order chi connectivity index (χ0) is 12.6. The SMILES string of the molecule is Cc1ccccc1C1(Cc2sccc2Br)CNC1. The van der Waals surface area contributed by atoms with Gasteiger partial charge in [0.15, 0.2) is 0 Å². The fourth-order valence-corrected chi connectivity index (χ4v) is 4.40. The van der Waals surface area contributed by atoms with Crippen molar-refractivity contribution in [3.63, 3.8) is 0 Å². The topological polar surface area (TPSA) is 12.0 Å². The van der Waals surface area contributed by atoms with E-state index in [9.17, 15) is 0 Å². The quantitative estimate of drug-likeness (QED) is 0.904. The predicted molar refractivity (Wildman–Crippen MR) is 81.4 cm³/mol. The van der Waals surface area contributed by atoms with Gasteiger partial charge in [0.2, 0.25) is 0 Å². The number of hydrogen-bond acceptors (Lipinski definition) is 2. The van der Waals surface area contributed by atoms with Crippen molar-refractivity contribution in [1.82, 2.24) is 5.32 Å². The van der Waals surface area contributed by atoms with Gasteiger partial charge in [-0.3, -0.25) is 0 Å². The lowest BCUT2D eigenvalue weighted by molar-refractivity contribution is 0.275. The van der Waals surface area contributed by atoms with Crippen LogP contribution in [0.25, 0.3) is 0 Å². The van der Waals surface area contributed by atoms with Crippen LogP contribution in [0.3, 0.4) is 0 Å². The normalized spacial score (nSPS) is 17.4. The largest absolute Gasteiger partial charge is 0.315 e. The van der Waals surface area contributed by atoms with E-state index in [-0.39, 0.29) is 0 Å². The lowest BCUT2D eigenvalue weighted by Gasteiger charge is -2.44. The molecule has 1 aliphatic rings. The summed E-state index contributed by atoms with van der Waals surface area (Å²) < 4.78 is 1.26. The standard InChI is InChI=1S/C15H16BrNS/c1-11-4-2-3-5-12(11)15(9-17-10-15)8-14-13(16)6-7-18-14/h2-7,17H,8-10H2,1H3. The molecule has 18 heavy (non-hydrogen) atoms. The Labute approximate surface area is 120 Å². The number of aryl methyl sites for hydroxylation is 1. The lowest BCUT2D eigenvalue weighted by atomic mass is 9.71. The highest BCUT2D eigenvalue weighted by molar-refractivity contribution is 9.10. The Kier molecular flexibility index (Phi) is 3.31. The lowest BCUT2D eigenvalue weighted by Crippen LogP contribution is -2.58. The Balaban J connectivity index is 1.96. The molecule has 1 fully saturated rings. The summed E-state index contributed by atoms with van der Waals surface area (Å²) >= 11 is 5.50. The summed E-state index contributed by atoms with van der Waals surface area (Å²) in [6.45, 7) is 4.39. The molecule has 1 N–H and O–H groups in total. The van der Waals surface area contributed by atoms with E-state index in [0.717, 1.165) is 19.5 Å². The van der Waals surface area contributed by atoms with E-state index in [2.05, 4.69) is 63.9 Å². The van der Waals surface area contributed by atoms with Gasteiger partial charge in [0.05, 0.1) is 0 Å². The minimum atomic E-state index is 0.290. The van der Waals surface area contributed by atoms with Crippen LogP contribution >= 0.6 is 27.3 Å². The van der Waals surface area contributed by atoms with Gasteiger partial charge in [-0.25, -0.2) is 0 Å². The van der Waals surface area contributed by atoms with Crippen LogP contribution in [0.15, 0.2) is 40.2 Å². The summed E-state index contributed by atoms with van der Waals surface area (Å²) in [6.07, 6.45) is 1.13. The van der Waals surface area contributed by atoms with E-state index in [0.29, 0.717) is 5.41 Å². The second-order valence-corrected chi connectivity index (χ2v) is 6.92. The highest BCUT2D eigenvalue weighted by Crippen LogP contribution is 2.37.